The standard InChI is InChI=1S/C13H18F2N2/c1-9-7-16-13(2,3)8-17(9)12-6-10(14)4-5-11(12)15/h4-6,9,16H,7-8H2,1-3H3. The lowest BCUT2D eigenvalue weighted by Gasteiger charge is -2.44. The van der Waals surface area contributed by atoms with Crippen molar-refractivity contribution in [3.8, 4) is 0 Å². The summed E-state index contributed by atoms with van der Waals surface area (Å²) in [6.45, 7) is 7.55. The fourth-order valence-corrected chi connectivity index (χ4v) is 2.20. The zero-order chi connectivity index (χ0) is 12.6. The minimum Gasteiger partial charge on any atom is -0.363 e. The molecule has 1 aliphatic rings. The van der Waals surface area contributed by atoms with E-state index in [2.05, 4.69) is 19.2 Å². The highest BCUT2D eigenvalue weighted by atomic mass is 19.1. The van der Waals surface area contributed by atoms with Crippen molar-refractivity contribution in [2.24, 2.45) is 0 Å². The predicted octanol–water partition coefficient (Wildman–Crippen LogP) is 2.54. The zero-order valence-corrected chi connectivity index (χ0v) is 10.4. The van der Waals surface area contributed by atoms with Crippen LogP contribution in [0.3, 0.4) is 0 Å². The molecule has 1 aromatic rings. The minimum absolute atomic E-state index is 0.0920. The largest absolute Gasteiger partial charge is 0.363 e. The molecule has 1 N–H and O–H groups in total. The maximum absolute atomic E-state index is 13.8. The summed E-state index contributed by atoms with van der Waals surface area (Å²) in [5, 5.41) is 3.38. The summed E-state index contributed by atoms with van der Waals surface area (Å²) in [5.41, 5.74) is 0.262. The Morgan fingerprint density at radius 3 is 2.76 bits per heavy atom. The lowest BCUT2D eigenvalue weighted by atomic mass is 9.98. The Balaban J connectivity index is 2.34. The Hall–Kier alpha value is -1.16. The van der Waals surface area contributed by atoms with Crippen molar-refractivity contribution < 1.29 is 8.78 Å². The van der Waals surface area contributed by atoms with Gasteiger partial charge in [-0.15, -0.1) is 0 Å². The van der Waals surface area contributed by atoms with Gasteiger partial charge in [0.05, 0.1) is 5.69 Å². The van der Waals surface area contributed by atoms with Gasteiger partial charge in [0.25, 0.3) is 0 Å². The summed E-state index contributed by atoms with van der Waals surface area (Å²) in [7, 11) is 0. The highest BCUT2D eigenvalue weighted by molar-refractivity contribution is 5.50. The maximum atomic E-state index is 13.8. The number of anilines is 1. The van der Waals surface area contributed by atoms with Crippen LogP contribution in [-0.2, 0) is 0 Å². The first kappa shape index (κ1) is 12.3. The normalized spacial score (nSPS) is 23.8. The fourth-order valence-electron chi connectivity index (χ4n) is 2.20. The molecule has 1 saturated heterocycles. The average molecular weight is 240 g/mol. The maximum Gasteiger partial charge on any atom is 0.146 e. The van der Waals surface area contributed by atoms with Crippen LogP contribution in [0.25, 0.3) is 0 Å². The number of nitrogens with zero attached hydrogens (tertiary/aromatic N) is 1. The van der Waals surface area contributed by atoms with Gasteiger partial charge in [-0.2, -0.15) is 0 Å². The lowest BCUT2D eigenvalue weighted by molar-refractivity contribution is 0.316. The van der Waals surface area contributed by atoms with E-state index in [1.165, 1.54) is 12.1 Å². The molecular weight excluding hydrogens is 222 g/mol. The molecule has 0 aliphatic carbocycles. The van der Waals surface area contributed by atoms with E-state index in [0.717, 1.165) is 12.6 Å². The molecule has 1 atom stereocenters. The van der Waals surface area contributed by atoms with Crippen molar-refractivity contribution in [1.29, 1.82) is 0 Å². The Labute approximate surface area is 101 Å². The highest BCUT2D eigenvalue weighted by Gasteiger charge is 2.31. The van der Waals surface area contributed by atoms with E-state index in [-0.39, 0.29) is 17.4 Å². The van der Waals surface area contributed by atoms with E-state index in [9.17, 15) is 8.78 Å². The smallest absolute Gasteiger partial charge is 0.146 e. The first-order valence-corrected chi connectivity index (χ1v) is 5.86. The van der Waals surface area contributed by atoms with E-state index >= 15 is 0 Å². The third-order valence-electron chi connectivity index (χ3n) is 3.19. The van der Waals surface area contributed by atoms with Gasteiger partial charge in [-0.05, 0) is 32.9 Å². The molecule has 2 rings (SSSR count). The van der Waals surface area contributed by atoms with Crippen molar-refractivity contribution in [2.45, 2.75) is 32.4 Å². The second kappa shape index (κ2) is 4.26. The van der Waals surface area contributed by atoms with Crippen molar-refractivity contribution in [2.75, 3.05) is 18.0 Å². The summed E-state index contributed by atoms with van der Waals surface area (Å²) in [4.78, 5) is 1.93. The van der Waals surface area contributed by atoms with Crippen LogP contribution in [-0.4, -0.2) is 24.7 Å². The van der Waals surface area contributed by atoms with Gasteiger partial charge in [0, 0.05) is 30.7 Å². The molecule has 17 heavy (non-hydrogen) atoms. The molecule has 0 radical (unpaired) electrons. The van der Waals surface area contributed by atoms with Gasteiger partial charge in [0.15, 0.2) is 0 Å². The molecule has 1 heterocycles. The van der Waals surface area contributed by atoms with Gasteiger partial charge < -0.3 is 10.2 Å². The molecule has 1 aromatic carbocycles. The molecule has 0 amide bonds. The van der Waals surface area contributed by atoms with Crippen LogP contribution in [0.15, 0.2) is 18.2 Å². The van der Waals surface area contributed by atoms with Crippen LogP contribution in [0.5, 0.6) is 0 Å². The monoisotopic (exact) mass is 240 g/mol. The quantitative estimate of drug-likeness (QED) is 0.811. The van der Waals surface area contributed by atoms with Gasteiger partial charge in [0.1, 0.15) is 11.6 Å². The third-order valence-corrected chi connectivity index (χ3v) is 3.19. The summed E-state index contributed by atoms with van der Waals surface area (Å²) in [6.07, 6.45) is 0. The third kappa shape index (κ3) is 2.57. The van der Waals surface area contributed by atoms with Crippen LogP contribution < -0.4 is 10.2 Å². The number of hydrogen-bond acceptors (Lipinski definition) is 2. The number of nitrogens with one attached hydrogen (secondary N) is 1. The summed E-state index contributed by atoms with van der Waals surface area (Å²) < 4.78 is 27.0. The number of rotatable bonds is 1. The average Bonchev–Trinajstić information content (AvgIpc) is 2.25. The Morgan fingerprint density at radius 1 is 1.35 bits per heavy atom. The molecule has 94 valence electrons. The Morgan fingerprint density at radius 2 is 2.06 bits per heavy atom. The molecule has 4 heteroatoms. The lowest BCUT2D eigenvalue weighted by Crippen LogP contribution is -2.61. The van der Waals surface area contributed by atoms with Crippen molar-refractivity contribution >= 4 is 5.69 Å². The fraction of sp³-hybridized carbons (Fsp3) is 0.538. The van der Waals surface area contributed by atoms with E-state index in [1.54, 1.807) is 0 Å². The molecule has 1 aliphatic heterocycles. The number of piperazine rings is 1. The Bertz CT molecular complexity index is 418. The second-order valence-corrected chi connectivity index (χ2v) is 5.34. The van der Waals surface area contributed by atoms with Crippen LogP contribution in [0.4, 0.5) is 14.5 Å². The first-order valence-electron chi connectivity index (χ1n) is 5.86. The van der Waals surface area contributed by atoms with Crippen LogP contribution >= 0.6 is 0 Å². The first-order chi connectivity index (χ1) is 7.89. The predicted molar refractivity (Wildman–Crippen MR) is 65.2 cm³/mol. The van der Waals surface area contributed by atoms with E-state index < -0.39 is 5.82 Å². The molecule has 0 spiro atoms. The second-order valence-electron chi connectivity index (χ2n) is 5.34. The molecule has 1 unspecified atom stereocenters. The van der Waals surface area contributed by atoms with Gasteiger partial charge >= 0.3 is 0 Å². The molecule has 1 fully saturated rings. The van der Waals surface area contributed by atoms with Crippen molar-refractivity contribution in [3.63, 3.8) is 0 Å². The summed E-state index contributed by atoms with van der Waals surface area (Å²) >= 11 is 0. The Kier molecular flexibility index (Phi) is 3.08. The molecular formula is C13H18F2N2. The van der Waals surface area contributed by atoms with E-state index in [4.69, 9.17) is 0 Å². The number of benzene rings is 1. The number of halogens is 2. The summed E-state index contributed by atoms with van der Waals surface area (Å²) in [5.74, 6) is -0.763. The highest BCUT2D eigenvalue weighted by Crippen LogP contribution is 2.26. The molecule has 0 bridgehead atoms. The minimum atomic E-state index is -0.398. The van der Waals surface area contributed by atoms with Gasteiger partial charge in [0.2, 0.25) is 0 Å². The molecule has 0 aromatic heterocycles. The molecule has 2 nitrogen and oxygen atoms in total. The van der Waals surface area contributed by atoms with Crippen LogP contribution in [0, 0.1) is 11.6 Å². The summed E-state index contributed by atoms with van der Waals surface area (Å²) in [6, 6.07) is 3.76. The zero-order valence-electron chi connectivity index (χ0n) is 10.4. The van der Waals surface area contributed by atoms with Crippen molar-refractivity contribution in [1.82, 2.24) is 5.32 Å². The van der Waals surface area contributed by atoms with E-state index in [1.807, 2.05) is 11.8 Å². The number of hydrogen-bond donors (Lipinski definition) is 1. The van der Waals surface area contributed by atoms with E-state index in [0.29, 0.717) is 12.2 Å². The SMILES string of the molecule is CC1CNC(C)(C)CN1c1cc(F)ccc1F. The topological polar surface area (TPSA) is 15.3 Å². The van der Waals surface area contributed by atoms with Crippen molar-refractivity contribution in [3.05, 3.63) is 29.8 Å². The van der Waals surface area contributed by atoms with Crippen LogP contribution in [0.2, 0.25) is 0 Å². The van der Waals surface area contributed by atoms with Gasteiger partial charge in [-0.25, -0.2) is 8.78 Å². The molecule has 0 saturated carbocycles. The van der Waals surface area contributed by atoms with Gasteiger partial charge in [-0.1, -0.05) is 0 Å². The van der Waals surface area contributed by atoms with Crippen LogP contribution in [0.1, 0.15) is 20.8 Å². The van der Waals surface area contributed by atoms with Gasteiger partial charge in [-0.3, -0.25) is 0 Å².